The van der Waals surface area contributed by atoms with Crippen molar-refractivity contribution in [2.45, 2.75) is 37.4 Å². The van der Waals surface area contributed by atoms with Crippen LogP contribution in [0.15, 0.2) is 0 Å². The Hall–Kier alpha value is -1.15. The summed E-state index contributed by atoms with van der Waals surface area (Å²) in [5.41, 5.74) is 0.627. The van der Waals surface area contributed by atoms with E-state index in [2.05, 4.69) is 10.3 Å². The predicted octanol–water partition coefficient (Wildman–Crippen LogP) is 1.49. The Balaban J connectivity index is 2.11. The van der Waals surface area contributed by atoms with Gasteiger partial charge in [0.2, 0.25) is 0 Å². The lowest BCUT2D eigenvalue weighted by molar-refractivity contribution is -0.138. The van der Waals surface area contributed by atoms with Gasteiger partial charge in [0.05, 0.1) is 10.4 Å². The van der Waals surface area contributed by atoms with E-state index >= 15 is 0 Å². The number of carbonyl (C=O) groups is 1. The number of hydrogen-bond donors (Lipinski definition) is 2. The molecule has 0 spiro atoms. The number of nitrogens with zero attached hydrogens (tertiary/aromatic N) is 1. The number of nitrogens with one attached hydrogen (secondary N) is 1. The minimum atomic E-state index is -3.17. The summed E-state index contributed by atoms with van der Waals surface area (Å²) in [6, 6.07) is 0. The normalized spacial score (nSPS) is 18.9. The summed E-state index contributed by atoms with van der Waals surface area (Å²) in [7, 11) is -3.17. The van der Waals surface area contributed by atoms with Crippen molar-refractivity contribution in [1.82, 2.24) is 4.98 Å². The van der Waals surface area contributed by atoms with Crippen molar-refractivity contribution in [2.75, 3.05) is 18.1 Å². The van der Waals surface area contributed by atoms with Crippen molar-refractivity contribution in [1.29, 1.82) is 0 Å². The number of rotatable bonds is 5. The summed E-state index contributed by atoms with van der Waals surface area (Å²) in [6.07, 6.45) is 2.52. The fraction of sp³-hybridized carbons (Fsp3) is 0.667. The first-order valence-electron chi connectivity index (χ1n) is 6.28. The molecule has 20 heavy (non-hydrogen) atoms. The molecule has 0 radical (unpaired) electrons. The first-order chi connectivity index (χ1) is 9.12. The van der Waals surface area contributed by atoms with Gasteiger partial charge in [0.25, 0.3) is 0 Å². The number of hydrogen-bond acceptors (Lipinski definition) is 6. The molecule has 8 heteroatoms. The average molecular weight is 318 g/mol. The van der Waals surface area contributed by atoms with Gasteiger partial charge >= 0.3 is 5.97 Å². The number of aryl methyl sites for hydroxylation is 1. The van der Waals surface area contributed by atoms with Gasteiger partial charge in [-0.1, -0.05) is 0 Å². The van der Waals surface area contributed by atoms with Gasteiger partial charge in [-0.15, -0.1) is 11.3 Å². The lowest BCUT2D eigenvalue weighted by Gasteiger charge is -2.22. The topological polar surface area (TPSA) is 96.4 Å². The highest BCUT2D eigenvalue weighted by Gasteiger charge is 2.34. The smallest absolute Gasteiger partial charge is 0.312 e. The van der Waals surface area contributed by atoms with E-state index in [4.69, 9.17) is 5.11 Å². The van der Waals surface area contributed by atoms with Crippen LogP contribution in [0, 0.1) is 0 Å². The van der Waals surface area contributed by atoms with Gasteiger partial charge in [0.1, 0.15) is 5.92 Å². The number of fused-ring (bicyclic) bond motifs is 1. The summed E-state index contributed by atoms with van der Waals surface area (Å²) in [5, 5.41) is 12.7. The van der Waals surface area contributed by atoms with Crippen LogP contribution in [0.2, 0.25) is 0 Å². The monoisotopic (exact) mass is 318 g/mol. The molecule has 0 saturated carbocycles. The molecule has 1 heterocycles. The average Bonchev–Trinajstić information content (AvgIpc) is 2.82. The van der Waals surface area contributed by atoms with Crippen LogP contribution in [0.25, 0.3) is 0 Å². The van der Waals surface area contributed by atoms with Gasteiger partial charge in [0.15, 0.2) is 15.0 Å². The Kier molecular flexibility index (Phi) is 3.81. The van der Waals surface area contributed by atoms with Crippen LogP contribution in [0.4, 0.5) is 5.13 Å². The lowest BCUT2D eigenvalue weighted by Crippen LogP contribution is -2.38. The van der Waals surface area contributed by atoms with E-state index in [1.165, 1.54) is 17.6 Å². The molecular formula is C12H18N2O4S2. The van der Waals surface area contributed by atoms with Crippen LogP contribution in [-0.4, -0.2) is 42.0 Å². The number of aliphatic carboxylic acids is 1. The number of sulfone groups is 1. The van der Waals surface area contributed by atoms with Crippen LogP contribution in [0.3, 0.4) is 0 Å². The van der Waals surface area contributed by atoms with E-state index in [0.717, 1.165) is 11.3 Å². The van der Waals surface area contributed by atoms with Crippen molar-refractivity contribution >= 4 is 32.3 Å². The van der Waals surface area contributed by atoms with Crippen LogP contribution < -0.4 is 5.32 Å². The minimum Gasteiger partial charge on any atom is -0.481 e. The van der Waals surface area contributed by atoms with Crippen molar-refractivity contribution in [3.8, 4) is 0 Å². The fourth-order valence-corrected chi connectivity index (χ4v) is 3.33. The van der Waals surface area contributed by atoms with Gasteiger partial charge in [-0.05, 0) is 26.7 Å². The van der Waals surface area contributed by atoms with Gasteiger partial charge in [-0.3, -0.25) is 4.79 Å². The second kappa shape index (κ2) is 5.00. The molecule has 2 rings (SSSR count). The Morgan fingerprint density at radius 3 is 2.75 bits per heavy atom. The van der Waals surface area contributed by atoms with E-state index in [9.17, 15) is 13.2 Å². The number of thiazole rings is 1. The predicted molar refractivity (Wildman–Crippen MR) is 78.2 cm³/mol. The zero-order valence-corrected chi connectivity index (χ0v) is 13.3. The van der Waals surface area contributed by atoms with Gasteiger partial charge in [-0.2, -0.15) is 0 Å². The number of aromatic nitrogens is 1. The third-order valence-corrected chi connectivity index (χ3v) is 6.93. The highest BCUT2D eigenvalue weighted by molar-refractivity contribution is 7.92. The fourth-order valence-electron chi connectivity index (χ4n) is 1.96. The highest BCUT2D eigenvalue weighted by Crippen LogP contribution is 2.38. The summed E-state index contributed by atoms with van der Waals surface area (Å²) in [5.74, 6) is -1.38. The maximum atomic E-state index is 11.6. The molecule has 1 aromatic rings. The highest BCUT2D eigenvalue weighted by atomic mass is 32.2. The largest absolute Gasteiger partial charge is 0.481 e. The molecule has 1 aliphatic carbocycles. The molecule has 0 saturated heterocycles. The Bertz CT molecular complexity index is 634. The van der Waals surface area contributed by atoms with E-state index in [0.29, 0.717) is 17.2 Å². The lowest BCUT2D eigenvalue weighted by atomic mass is 10.1. The molecule has 0 fully saturated rings. The molecule has 112 valence electrons. The first kappa shape index (κ1) is 15.2. The van der Waals surface area contributed by atoms with Crippen molar-refractivity contribution in [3.05, 3.63) is 10.6 Å². The van der Waals surface area contributed by atoms with Crippen molar-refractivity contribution in [2.24, 2.45) is 0 Å². The Labute approximate surface area is 122 Å². The van der Waals surface area contributed by atoms with Gasteiger partial charge in [-0.25, -0.2) is 13.4 Å². The molecule has 0 amide bonds. The van der Waals surface area contributed by atoms with Crippen LogP contribution in [0.5, 0.6) is 0 Å². The maximum Gasteiger partial charge on any atom is 0.312 e. The summed E-state index contributed by atoms with van der Waals surface area (Å²) in [4.78, 5) is 16.4. The zero-order valence-electron chi connectivity index (χ0n) is 11.6. The maximum absolute atomic E-state index is 11.6. The molecule has 1 aliphatic rings. The number of carboxylic acids is 1. The third kappa shape index (κ3) is 2.80. The Morgan fingerprint density at radius 2 is 2.20 bits per heavy atom. The third-order valence-electron chi connectivity index (χ3n) is 3.68. The summed E-state index contributed by atoms with van der Waals surface area (Å²) < 4.78 is 22.3. The van der Waals surface area contributed by atoms with Crippen molar-refractivity contribution < 1.29 is 18.3 Å². The Morgan fingerprint density at radius 1 is 1.55 bits per heavy atom. The minimum absolute atomic E-state index is 0.246. The number of carboxylic acid groups (broad SMARTS) is 1. The first-order valence-corrected chi connectivity index (χ1v) is 8.98. The quantitative estimate of drug-likeness (QED) is 0.854. The summed E-state index contributed by atoms with van der Waals surface area (Å²) >= 11 is 1.41. The van der Waals surface area contributed by atoms with E-state index in [1.54, 1.807) is 13.8 Å². The molecule has 0 bridgehead atoms. The second-order valence-electron chi connectivity index (χ2n) is 5.64. The SMILES string of the molecule is CC(C)(CNc1nc2c(s1)CCC2C(=O)O)S(C)(=O)=O. The standard InChI is InChI=1S/C12H18N2O4S2/c1-12(2,20(3,17)18)6-13-11-14-9-7(10(15)16)4-5-8(9)19-11/h7H,4-6H2,1-3H3,(H,13,14)(H,15,16). The second-order valence-corrected chi connectivity index (χ2v) is 9.38. The van der Waals surface area contributed by atoms with E-state index in [-0.39, 0.29) is 6.54 Å². The molecule has 1 atom stereocenters. The van der Waals surface area contributed by atoms with Crippen LogP contribution in [0.1, 0.15) is 36.8 Å². The van der Waals surface area contributed by atoms with Gasteiger partial charge in [0, 0.05) is 17.7 Å². The molecule has 6 nitrogen and oxygen atoms in total. The van der Waals surface area contributed by atoms with Gasteiger partial charge < -0.3 is 10.4 Å². The molecule has 0 aromatic carbocycles. The molecule has 2 N–H and O–H groups in total. The van der Waals surface area contributed by atoms with E-state index < -0.39 is 26.5 Å². The molecular weight excluding hydrogens is 300 g/mol. The summed E-state index contributed by atoms with van der Waals surface area (Å²) in [6.45, 7) is 3.54. The zero-order chi connectivity index (χ0) is 15.1. The van der Waals surface area contributed by atoms with Crippen molar-refractivity contribution in [3.63, 3.8) is 0 Å². The van der Waals surface area contributed by atoms with Crippen LogP contribution >= 0.6 is 11.3 Å². The molecule has 1 unspecified atom stereocenters. The van der Waals surface area contributed by atoms with E-state index in [1.807, 2.05) is 0 Å². The molecule has 1 aromatic heterocycles. The molecule has 0 aliphatic heterocycles. The van der Waals surface area contributed by atoms with Crippen LogP contribution in [-0.2, 0) is 21.1 Å². The number of anilines is 1.